The molecule has 1 saturated heterocycles. The van der Waals surface area contributed by atoms with Crippen LogP contribution in [0.25, 0.3) is 0 Å². The lowest BCUT2D eigenvalue weighted by molar-refractivity contribution is -0.123. The highest BCUT2D eigenvalue weighted by molar-refractivity contribution is 7.85. The highest BCUT2D eigenvalue weighted by atomic mass is 32.2. The SMILES string of the molecule is NC(=O)C1CC(=O)N(c2cccc(S(=O)(=O)O)c2)C1. The molecule has 1 fully saturated rings. The van der Waals surface area contributed by atoms with E-state index in [1.54, 1.807) is 0 Å². The van der Waals surface area contributed by atoms with Crippen LogP contribution >= 0.6 is 0 Å². The van der Waals surface area contributed by atoms with Crippen LogP contribution < -0.4 is 10.6 Å². The second-order valence-electron chi connectivity index (χ2n) is 4.28. The van der Waals surface area contributed by atoms with Gasteiger partial charge in [0.25, 0.3) is 10.1 Å². The van der Waals surface area contributed by atoms with Crippen molar-refractivity contribution < 1.29 is 22.6 Å². The molecule has 0 saturated carbocycles. The molecule has 1 aromatic carbocycles. The summed E-state index contributed by atoms with van der Waals surface area (Å²) in [4.78, 5) is 23.8. The number of carbonyl (C=O) groups excluding carboxylic acids is 2. The second-order valence-corrected chi connectivity index (χ2v) is 5.70. The van der Waals surface area contributed by atoms with E-state index in [2.05, 4.69) is 0 Å². The van der Waals surface area contributed by atoms with Crippen LogP contribution in [-0.2, 0) is 19.7 Å². The summed E-state index contributed by atoms with van der Waals surface area (Å²) >= 11 is 0. The molecular formula is C11H12N2O5S. The smallest absolute Gasteiger partial charge is 0.294 e. The third kappa shape index (κ3) is 2.74. The number of amides is 2. The Morgan fingerprint density at radius 1 is 1.42 bits per heavy atom. The van der Waals surface area contributed by atoms with E-state index in [4.69, 9.17) is 10.3 Å². The molecular weight excluding hydrogens is 272 g/mol. The molecule has 102 valence electrons. The summed E-state index contributed by atoms with van der Waals surface area (Å²) < 4.78 is 31.0. The molecule has 7 nitrogen and oxygen atoms in total. The van der Waals surface area contributed by atoms with Crippen molar-refractivity contribution in [3.05, 3.63) is 24.3 Å². The van der Waals surface area contributed by atoms with Gasteiger partial charge in [-0.1, -0.05) is 6.07 Å². The van der Waals surface area contributed by atoms with Crippen molar-refractivity contribution in [2.45, 2.75) is 11.3 Å². The van der Waals surface area contributed by atoms with Crippen molar-refractivity contribution in [3.8, 4) is 0 Å². The van der Waals surface area contributed by atoms with Gasteiger partial charge in [-0.15, -0.1) is 0 Å². The van der Waals surface area contributed by atoms with Crippen LogP contribution in [0.3, 0.4) is 0 Å². The Balaban J connectivity index is 2.33. The lowest BCUT2D eigenvalue weighted by Crippen LogP contribution is -2.28. The minimum atomic E-state index is -4.33. The fourth-order valence-corrected chi connectivity index (χ4v) is 2.48. The predicted octanol–water partition coefficient (Wildman–Crippen LogP) is -0.229. The number of carbonyl (C=O) groups is 2. The summed E-state index contributed by atoms with van der Waals surface area (Å²) in [6.07, 6.45) is 0.00539. The van der Waals surface area contributed by atoms with Gasteiger partial charge in [-0.25, -0.2) is 0 Å². The molecule has 0 spiro atoms. The Bertz CT molecular complexity index is 640. The monoisotopic (exact) mass is 284 g/mol. The van der Waals surface area contributed by atoms with E-state index in [0.29, 0.717) is 5.69 Å². The normalized spacial score (nSPS) is 19.7. The number of benzene rings is 1. The zero-order valence-corrected chi connectivity index (χ0v) is 10.6. The number of rotatable bonds is 3. The predicted molar refractivity (Wildman–Crippen MR) is 65.9 cm³/mol. The Morgan fingerprint density at radius 2 is 2.11 bits per heavy atom. The molecule has 0 aliphatic carbocycles. The molecule has 1 aliphatic heterocycles. The van der Waals surface area contributed by atoms with Gasteiger partial charge in [0, 0.05) is 18.7 Å². The third-order valence-corrected chi connectivity index (χ3v) is 3.80. The number of nitrogens with zero attached hydrogens (tertiary/aromatic N) is 1. The zero-order valence-electron chi connectivity index (χ0n) is 9.81. The molecule has 1 aromatic rings. The van der Waals surface area contributed by atoms with Gasteiger partial charge >= 0.3 is 0 Å². The summed E-state index contributed by atoms with van der Waals surface area (Å²) in [7, 11) is -4.33. The molecule has 0 radical (unpaired) electrons. The maximum absolute atomic E-state index is 11.8. The Hall–Kier alpha value is -1.93. The Labute approximate surface area is 109 Å². The van der Waals surface area contributed by atoms with Crippen LogP contribution in [0.1, 0.15) is 6.42 Å². The zero-order chi connectivity index (χ0) is 14.2. The largest absolute Gasteiger partial charge is 0.369 e. The van der Waals surface area contributed by atoms with Crippen LogP contribution in [-0.4, -0.2) is 31.3 Å². The van der Waals surface area contributed by atoms with Gasteiger partial charge in [0.05, 0.1) is 10.8 Å². The first-order chi connectivity index (χ1) is 8.79. The quantitative estimate of drug-likeness (QED) is 0.743. The van der Waals surface area contributed by atoms with Gasteiger partial charge in [-0.3, -0.25) is 14.1 Å². The van der Waals surface area contributed by atoms with Gasteiger partial charge in [0.2, 0.25) is 11.8 Å². The number of nitrogens with two attached hydrogens (primary N) is 1. The van der Waals surface area contributed by atoms with Gasteiger partial charge in [-0.05, 0) is 18.2 Å². The fraction of sp³-hybridized carbons (Fsp3) is 0.273. The first-order valence-electron chi connectivity index (χ1n) is 5.46. The van der Waals surface area contributed by atoms with Crippen molar-refractivity contribution in [2.75, 3.05) is 11.4 Å². The van der Waals surface area contributed by atoms with Gasteiger partial charge in [0.1, 0.15) is 0 Å². The standard InChI is InChI=1S/C11H12N2O5S/c12-11(15)7-4-10(14)13(6-7)8-2-1-3-9(5-8)19(16,17)18/h1-3,5,7H,4,6H2,(H2,12,15)(H,16,17,18). The maximum Gasteiger partial charge on any atom is 0.294 e. The molecule has 8 heteroatoms. The summed E-state index contributed by atoms with van der Waals surface area (Å²) in [6, 6.07) is 5.32. The lowest BCUT2D eigenvalue weighted by Gasteiger charge is -2.16. The van der Waals surface area contributed by atoms with Crippen molar-refractivity contribution in [3.63, 3.8) is 0 Å². The molecule has 1 atom stereocenters. The topological polar surface area (TPSA) is 118 Å². The minimum Gasteiger partial charge on any atom is -0.369 e. The summed E-state index contributed by atoms with van der Waals surface area (Å²) in [5.41, 5.74) is 5.45. The number of hydrogen-bond donors (Lipinski definition) is 2. The van der Waals surface area contributed by atoms with Crippen molar-refractivity contribution in [1.29, 1.82) is 0 Å². The summed E-state index contributed by atoms with van der Waals surface area (Å²) in [6.45, 7) is 0.114. The first kappa shape index (κ1) is 13.5. The minimum absolute atomic E-state index is 0.00539. The highest BCUT2D eigenvalue weighted by Gasteiger charge is 2.34. The van der Waals surface area contributed by atoms with Crippen molar-refractivity contribution in [1.82, 2.24) is 0 Å². The average molecular weight is 284 g/mol. The Kier molecular flexibility index (Phi) is 3.29. The molecule has 0 aromatic heterocycles. The van der Waals surface area contributed by atoms with Crippen molar-refractivity contribution >= 4 is 27.6 Å². The van der Waals surface area contributed by atoms with Gasteiger partial charge < -0.3 is 10.6 Å². The number of primary amides is 1. The van der Waals surface area contributed by atoms with E-state index >= 15 is 0 Å². The first-order valence-corrected chi connectivity index (χ1v) is 6.90. The molecule has 1 heterocycles. The molecule has 3 N–H and O–H groups in total. The van der Waals surface area contributed by atoms with Gasteiger partial charge in [-0.2, -0.15) is 8.42 Å². The molecule has 2 rings (SSSR count). The molecule has 1 unspecified atom stereocenters. The molecule has 2 amide bonds. The van der Waals surface area contributed by atoms with Crippen LogP contribution in [0.15, 0.2) is 29.2 Å². The molecule has 1 aliphatic rings. The van der Waals surface area contributed by atoms with E-state index in [1.165, 1.54) is 29.2 Å². The van der Waals surface area contributed by atoms with Crippen LogP contribution in [0.4, 0.5) is 5.69 Å². The van der Waals surface area contributed by atoms with E-state index in [-0.39, 0.29) is 23.8 Å². The Morgan fingerprint density at radius 3 is 2.63 bits per heavy atom. The summed E-state index contributed by atoms with van der Waals surface area (Å²) in [5, 5.41) is 0. The van der Waals surface area contributed by atoms with Crippen LogP contribution in [0.2, 0.25) is 0 Å². The number of anilines is 1. The second kappa shape index (κ2) is 4.63. The van der Waals surface area contributed by atoms with Crippen LogP contribution in [0, 0.1) is 5.92 Å². The number of hydrogen-bond acceptors (Lipinski definition) is 4. The van der Waals surface area contributed by atoms with E-state index in [1.807, 2.05) is 0 Å². The molecule has 0 bridgehead atoms. The highest BCUT2D eigenvalue weighted by Crippen LogP contribution is 2.26. The van der Waals surface area contributed by atoms with E-state index in [9.17, 15) is 18.0 Å². The summed E-state index contributed by atoms with van der Waals surface area (Å²) in [5.74, 6) is -1.46. The molecule has 19 heavy (non-hydrogen) atoms. The van der Waals surface area contributed by atoms with E-state index < -0.39 is 21.9 Å². The van der Waals surface area contributed by atoms with Crippen molar-refractivity contribution in [2.24, 2.45) is 11.7 Å². The maximum atomic E-state index is 11.8. The van der Waals surface area contributed by atoms with E-state index in [0.717, 1.165) is 0 Å². The third-order valence-electron chi connectivity index (χ3n) is 2.95. The lowest BCUT2D eigenvalue weighted by atomic mass is 10.1. The fourth-order valence-electron chi connectivity index (χ4n) is 1.96. The van der Waals surface area contributed by atoms with Gasteiger partial charge in [0.15, 0.2) is 0 Å². The average Bonchev–Trinajstić information content (AvgIpc) is 2.71. The van der Waals surface area contributed by atoms with Crippen LogP contribution in [0.5, 0.6) is 0 Å².